The van der Waals surface area contributed by atoms with E-state index in [1.807, 2.05) is 0 Å². The lowest BCUT2D eigenvalue weighted by molar-refractivity contribution is 0.223. The van der Waals surface area contributed by atoms with E-state index in [4.69, 9.17) is 10.8 Å². The van der Waals surface area contributed by atoms with Gasteiger partial charge < -0.3 is 16.2 Å². The Bertz CT molecular complexity index is 83.1. The molecule has 3 heteroatoms. The summed E-state index contributed by atoms with van der Waals surface area (Å²) in [7, 11) is 0. The highest BCUT2D eigenvalue weighted by Crippen LogP contribution is 2.08. The van der Waals surface area contributed by atoms with Crippen LogP contribution in [-0.2, 0) is 0 Å². The van der Waals surface area contributed by atoms with Crippen LogP contribution in [0.15, 0.2) is 0 Å². The highest BCUT2D eigenvalue weighted by atomic mass is 16.3. The summed E-state index contributed by atoms with van der Waals surface area (Å²) in [5, 5.41) is 11.6. The molecule has 0 aromatic rings. The molecule has 0 aliphatic carbocycles. The van der Waals surface area contributed by atoms with Gasteiger partial charge in [-0.2, -0.15) is 0 Å². The molecule has 0 amide bonds. The number of rotatable bonds is 3. The van der Waals surface area contributed by atoms with Crippen molar-refractivity contribution in [2.24, 2.45) is 11.7 Å². The molecule has 1 saturated heterocycles. The third-order valence-corrected chi connectivity index (χ3v) is 1.88. The standard InChI is InChI=1S/C6H14N2O/c7-6(1-2-9)5-3-8-4-5/h5-6,8-9H,1-4,7H2/t6-/m1/s1. The number of hydrogen-bond donors (Lipinski definition) is 3. The van der Waals surface area contributed by atoms with E-state index in [2.05, 4.69) is 5.32 Å². The molecular weight excluding hydrogens is 116 g/mol. The lowest BCUT2D eigenvalue weighted by Crippen LogP contribution is -2.51. The Kier molecular flexibility index (Phi) is 2.45. The molecular formula is C6H14N2O. The van der Waals surface area contributed by atoms with Crippen LogP contribution in [0.3, 0.4) is 0 Å². The maximum absolute atomic E-state index is 8.50. The molecule has 0 aromatic heterocycles. The summed E-state index contributed by atoms with van der Waals surface area (Å²) in [6.45, 7) is 2.28. The average molecular weight is 130 g/mol. The zero-order chi connectivity index (χ0) is 6.69. The summed E-state index contributed by atoms with van der Waals surface area (Å²) < 4.78 is 0. The van der Waals surface area contributed by atoms with E-state index in [9.17, 15) is 0 Å². The van der Waals surface area contributed by atoms with Gasteiger partial charge in [-0.3, -0.25) is 0 Å². The molecule has 4 N–H and O–H groups in total. The minimum Gasteiger partial charge on any atom is -0.396 e. The monoisotopic (exact) mass is 130 g/mol. The van der Waals surface area contributed by atoms with Gasteiger partial charge in [-0.1, -0.05) is 0 Å². The van der Waals surface area contributed by atoms with E-state index < -0.39 is 0 Å². The molecule has 1 aliphatic rings. The summed E-state index contributed by atoms with van der Waals surface area (Å²) in [6, 6.07) is 0.205. The van der Waals surface area contributed by atoms with Gasteiger partial charge in [0.25, 0.3) is 0 Å². The Morgan fingerprint density at radius 3 is 2.67 bits per heavy atom. The van der Waals surface area contributed by atoms with Crippen molar-refractivity contribution in [3.8, 4) is 0 Å². The summed E-state index contributed by atoms with van der Waals surface area (Å²) in [6.07, 6.45) is 0.742. The highest BCUT2D eigenvalue weighted by Gasteiger charge is 2.22. The van der Waals surface area contributed by atoms with Gasteiger partial charge in [0.2, 0.25) is 0 Å². The van der Waals surface area contributed by atoms with Gasteiger partial charge >= 0.3 is 0 Å². The third kappa shape index (κ3) is 1.64. The summed E-state index contributed by atoms with van der Waals surface area (Å²) >= 11 is 0. The van der Waals surface area contributed by atoms with Crippen molar-refractivity contribution in [1.29, 1.82) is 0 Å². The second-order valence-electron chi connectivity index (χ2n) is 2.59. The summed E-state index contributed by atoms with van der Waals surface area (Å²) in [4.78, 5) is 0. The molecule has 1 aliphatic heterocycles. The molecule has 3 nitrogen and oxygen atoms in total. The van der Waals surface area contributed by atoms with E-state index in [1.165, 1.54) is 0 Å². The fourth-order valence-electron chi connectivity index (χ4n) is 0.999. The maximum atomic E-state index is 8.50. The van der Waals surface area contributed by atoms with Crippen molar-refractivity contribution in [1.82, 2.24) is 5.32 Å². The van der Waals surface area contributed by atoms with E-state index in [0.717, 1.165) is 19.5 Å². The molecule has 0 saturated carbocycles. The molecule has 9 heavy (non-hydrogen) atoms. The largest absolute Gasteiger partial charge is 0.396 e. The van der Waals surface area contributed by atoms with Gasteiger partial charge in [-0.15, -0.1) is 0 Å². The first kappa shape index (κ1) is 6.99. The van der Waals surface area contributed by atoms with Gasteiger partial charge in [0, 0.05) is 25.7 Å². The van der Waals surface area contributed by atoms with Gasteiger partial charge in [-0.05, 0) is 12.3 Å². The average Bonchev–Trinajstić information content (AvgIpc) is 1.60. The predicted octanol–water partition coefficient (Wildman–Crippen LogP) is -1.08. The van der Waals surface area contributed by atoms with Crippen LogP contribution in [0.4, 0.5) is 0 Å². The van der Waals surface area contributed by atoms with E-state index in [1.54, 1.807) is 0 Å². The van der Waals surface area contributed by atoms with Crippen LogP contribution in [0.25, 0.3) is 0 Å². The number of nitrogens with one attached hydrogen (secondary N) is 1. The quantitative estimate of drug-likeness (QED) is 0.455. The van der Waals surface area contributed by atoms with Crippen LogP contribution in [0, 0.1) is 5.92 Å². The minimum absolute atomic E-state index is 0.205. The molecule has 0 spiro atoms. The molecule has 1 rings (SSSR count). The third-order valence-electron chi connectivity index (χ3n) is 1.88. The zero-order valence-electron chi connectivity index (χ0n) is 5.51. The van der Waals surface area contributed by atoms with Crippen LogP contribution >= 0.6 is 0 Å². The second kappa shape index (κ2) is 3.15. The van der Waals surface area contributed by atoms with Crippen LogP contribution in [-0.4, -0.2) is 30.8 Å². The van der Waals surface area contributed by atoms with Gasteiger partial charge in [-0.25, -0.2) is 0 Å². The second-order valence-corrected chi connectivity index (χ2v) is 2.59. The maximum Gasteiger partial charge on any atom is 0.0445 e. The fourth-order valence-corrected chi connectivity index (χ4v) is 0.999. The van der Waals surface area contributed by atoms with Gasteiger partial charge in [0.05, 0.1) is 0 Å². The highest BCUT2D eigenvalue weighted by molar-refractivity contribution is 4.83. The van der Waals surface area contributed by atoms with Crippen LogP contribution in [0.2, 0.25) is 0 Å². The first-order valence-electron chi connectivity index (χ1n) is 3.41. The van der Waals surface area contributed by atoms with Crippen molar-refractivity contribution in [2.75, 3.05) is 19.7 Å². The van der Waals surface area contributed by atoms with E-state index in [-0.39, 0.29) is 12.6 Å². The molecule has 1 fully saturated rings. The van der Waals surface area contributed by atoms with Crippen LogP contribution in [0.1, 0.15) is 6.42 Å². The van der Waals surface area contributed by atoms with Crippen molar-refractivity contribution in [3.63, 3.8) is 0 Å². The first-order valence-corrected chi connectivity index (χ1v) is 3.41. The molecule has 0 radical (unpaired) electrons. The molecule has 0 aromatic carbocycles. The number of aliphatic hydroxyl groups is 1. The fraction of sp³-hybridized carbons (Fsp3) is 1.00. The van der Waals surface area contributed by atoms with E-state index >= 15 is 0 Å². The van der Waals surface area contributed by atoms with Crippen LogP contribution in [0.5, 0.6) is 0 Å². The molecule has 54 valence electrons. The zero-order valence-corrected chi connectivity index (χ0v) is 5.51. The van der Waals surface area contributed by atoms with Crippen molar-refractivity contribution in [3.05, 3.63) is 0 Å². The van der Waals surface area contributed by atoms with Gasteiger partial charge in [0.15, 0.2) is 0 Å². The minimum atomic E-state index is 0.205. The molecule has 0 unspecified atom stereocenters. The lowest BCUT2D eigenvalue weighted by Gasteiger charge is -2.31. The molecule has 0 bridgehead atoms. The van der Waals surface area contributed by atoms with Crippen molar-refractivity contribution in [2.45, 2.75) is 12.5 Å². The van der Waals surface area contributed by atoms with Gasteiger partial charge in [0.1, 0.15) is 0 Å². The normalized spacial score (nSPS) is 23.3. The smallest absolute Gasteiger partial charge is 0.0445 e. The summed E-state index contributed by atoms with van der Waals surface area (Å²) in [5.41, 5.74) is 5.69. The number of aliphatic hydroxyl groups excluding tert-OH is 1. The van der Waals surface area contributed by atoms with Crippen LogP contribution < -0.4 is 11.1 Å². The Labute approximate surface area is 55.2 Å². The Balaban J connectivity index is 2.08. The Hall–Kier alpha value is -0.120. The number of hydrogen-bond acceptors (Lipinski definition) is 3. The Morgan fingerprint density at radius 2 is 2.33 bits per heavy atom. The predicted molar refractivity (Wildman–Crippen MR) is 36.0 cm³/mol. The lowest BCUT2D eigenvalue weighted by atomic mass is 9.93. The van der Waals surface area contributed by atoms with Crippen molar-refractivity contribution < 1.29 is 5.11 Å². The summed E-state index contributed by atoms with van der Waals surface area (Å²) in [5.74, 6) is 0.608. The SMILES string of the molecule is N[C@H](CCO)C1CNC1. The molecule has 1 atom stereocenters. The van der Waals surface area contributed by atoms with E-state index in [0.29, 0.717) is 5.92 Å². The molecule has 1 heterocycles. The van der Waals surface area contributed by atoms with Crippen molar-refractivity contribution >= 4 is 0 Å². The first-order chi connectivity index (χ1) is 4.34. The topological polar surface area (TPSA) is 58.3 Å². The number of nitrogens with two attached hydrogens (primary N) is 1. The Morgan fingerprint density at radius 1 is 1.67 bits per heavy atom.